The minimum absolute atomic E-state index is 0.0118. The molecule has 0 heterocycles. The summed E-state index contributed by atoms with van der Waals surface area (Å²) in [5.74, 6) is -1.29. The van der Waals surface area contributed by atoms with Crippen molar-refractivity contribution in [2.75, 3.05) is 6.54 Å². The first-order valence-electron chi connectivity index (χ1n) is 6.35. The van der Waals surface area contributed by atoms with E-state index in [2.05, 4.69) is 5.32 Å². The molecule has 104 valence electrons. The Bertz CT molecular complexity index is 461. The molecular weight excluding hydrogens is 242 g/mol. The molecule has 4 heteroatoms. The quantitative estimate of drug-likeness (QED) is 0.627. The van der Waals surface area contributed by atoms with Crippen LogP contribution in [0.4, 0.5) is 0 Å². The third-order valence-corrected chi connectivity index (χ3v) is 3.37. The van der Waals surface area contributed by atoms with Crippen LogP contribution in [0, 0.1) is 12.8 Å². The Balaban J connectivity index is 2.64. The second-order valence-corrected chi connectivity index (χ2v) is 5.39. The zero-order valence-electron chi connectivity index (χ0n) is 11.9. The number of hydrogen-bond acceptors (Lipinski definition) is 3. The molecule has 2 N–H and O–H groups in total. The van der Waals surface area contributed by atoms with Crippen molar-refractivity contribution < 1.29 is 14.7 Å². The van der Waals surface area contributed by atoms with Gasteiger partial charge in [0.25, 0.3) is 5.91 Å². The molecule has 0 aromatic heterocycles. The molecule has 0 bridgehead atoms. The van der Waals surface area contributed by atoms with Gasteiger partial charge in [0.15, 0.2) is 0 Å². The summed E-state index contributed by atoms with van der Waals surface area (Å²) < 4.78 is 0. The number of amides is 1. The SMILES string of the molecule is Cc1ccc(C(=O)C(=O)NCC(C)(O)C(C)C)cc1. The lowest BCUT2D eigenvalue weighted by Gasteiger charge is -2.27. The summed E-state index contributed by atoms with van der Waals surface area (Å²) in [7, 11) is 0. The number of Topliss-reactive ketones (excluding diaryl/α,β-unsaturated/α-hetero) is 1. The van der Waals surface area contributed by atoms with Gasteiger partial charge in [0, 0.05) is 12.1 Å². The highest BCUT2D eigenvalue weighted by molar-refractivity contribution is 6.42. The average molecular weight is 263 g/mol. The zero-order chi connectivity index (χ0) is 14.6. The zero-order valence-corrected chi connectivity index (χ0v) is 11.9. The van der Waals surface area contributed by atoms with E-state index in [1.165, 1.54) is 0 Å². The van der Waals surface area contributed by atoms with E-state index < -0.39 is 17.3 Å². The van der Waals surface area contributed by atoms with Crippen LogP contribution in [-0.2, 0) is 4.79 Å². The lowest BCUT2D eigenvalue weighted by Crippen LogP contribution is -2.46. The van der Waals surface area contributed by atoms with Crippen LogP contribution in [0.5, 0.6) is 0 Å². The minimum atomic E-state index is -1.02. The van der Waals surface area contributed by atoms with Crippen molar-refractivity contribution in [2.45, 2.75) is 33.3 Å². The first kappa shape index (κ1) is 15.4. The molecule has 0 saturated heterocycles. The van der Waals surface area contributed by atoms with Crippen molar-refractivity contribution in [3.63, 3.8) is 0 Å². The third kappa shape index (κ3) is 4.17. The van der Waals surface area contributed by atoms with Crippen LogP contribution in [0.2, 0.25) is 0 Å². The summed E-state index contributed by atoms with van der Waals surface area (Å²) in [6.45, 7) is 7.31. The number of nitrogens with one attached hydrogen (secondary N) is 1. The fourth-order valence-electron chi connectivity index (χ4n) is 1.38. The normalized spacial score (nSPS) is 14.0. The topological polar surface area (TPSA) is 66.4 Å². The maximum absolute atomic E-state index is 11.8. The molecule has 0 saturated carbocycles. The Morgan fingerprint density at radius 1 is 1.26 bits per heavy atom. The van der Waals surface area contributed by atoms with Crippen LogP contribution in [0.25, 0.3) is 0 Å². The molecule has 0 aliphatic carbocycles. The van der Waals surface area contributed by atoms with Gasteiger partial charge in [-0.15, -0.1) is 0 Å². The highest BCUT2D eigenvalue weighted by atomic mass is 16.3. The number of aliphatic hydroxyl groups is 1. The monoisotopic (exact) mass is 263 g/mol. The second kappa shape index (κ2) is 5.97. The number of hydrogen-bond donors (Lipinski definition) is 2. The van der Waals surface area contributed by atoms with Crippen molar-refractivity contribution in [3.05, 3.63) is 35.4 Å². The van der Waals surface area contributed by atoms with Gasteiger partial charge in [-0.2, -0.15) is 0 Å². The molecule has 1 atom stereocenters. The van der Waals surface area contributed by atoms with Gasteiger partial charge in [0.05, 0.1) is 5.60 Å². The maximum atomic E-state index is 11.8. The van der Waals surface area contributed by atoms with Crippen molar-refractivity contribution in [2.24, 2.45) is 5.92 Å². The van der Waals surface area contributed by atoms with Crippen LogP contribution in [0.15, 0.2) is 24.3 Å². The molecule has 0 spiro atoms. The van der Waals surface area contributed by atoms with Gasteiger partial charge >= 0.3 is 0 Å². The van der Waals surface area contributed by atoms with Crippen LogP contribution in [-0.4, -0.2) is 28.9 Å². The highest BCUT2D eigenvalue weighted by Gasteiger charge is 2.26. The van der Waals surface area contributed by atoms with Crippen LogP contribution in [0.1, 0.15) is 36.7 Å². The van der Waals surface area contributed by atoms with Gasteiger partial charge in [-0.1, -0.05) is 43.7 Å². The highest BCUT2D eigenvalue weighted by Crippen LogP contribution is 2.14. The lowest BCUT2D eigenvalue weighted by molar-refractivity contribution is -0.118. The fraction of sp³-hybridized carbons (Fsp3) is 0.467. The largest absolute Gasteiger partial charge is 0.388 e. The number of rotatable bonds is 5. The Kier molecular flexibility index (Phi) is 4.84. The van der Waals surface area contributed by atoms with Gasteiger partial charge in [-0.05, 0) is 19.8 Å². The standard InChI is InChI=1S/C15H21NO3/c1-10(2)15(4,19)9-16-14(18)13(17)12-7-5-11(3)6-8-12/h5-8,10,19H,9H2,1-4H3,(H,16,18). The molecule has 0 aliphatic rings. The first-order valence-corrected chi connectivity index (χ1v) is 6.35. The van der Waals surface area contributed by atoms with E-state index in [1.807, 2.05) is 20.8 Å². The van der Waals surface area contributed by atoms with Crippen LogP contribution in [0.3, 0.4) is 0 Å². The number of carbonyl (C=O) groups is 2. The summed E-state index contributed by atoms with van der Waals surface area (Å²) in [6.07, 6.45) is 0. The molecule has 1 rings (SSSR count). The number of aryl methyl sites for hydroxylation is 1. The van der Waals surface area contributed by atoms with E-state index in [4.69, 9.17) is 0 Å². The molecule has 1 unspecified atom stereocenters. The van der Waals surface area contributed by atoms with Gasteiger partial charge < -0.3 is 10.4 Å². The molecule has 0 aliphatic heterocycles. The summed E-state index contributed by atoms with van der Waals surface area (Å²) >= 11 is 0. The van der Waals surface area contributed by atoms with Crippen LogP contribution >= 0.6 is 0 Å². The fourth-order valence-corrected chi connectivity index (χ4v) is 1.38. The molecule has 0 radical (unpaired) electrons. The van der Waals surface area contributed by atoms with Gasteiger partial charge in [0.1, 0.15) is 0 Å². The molecule has 4 nitrogen and oxygen atoms in total. The average Bonchev–Trinajstić information content (AvgIpc) is 2.36. The Morgan fingerprint density at radius 3 is 2.26 bits per heavy atom. The summed E-state index contributed by atoms with van der Waals surface area (Å²) in [5.41, 5.74) is 0.357. The Morgan fingerprint density at radius 2 is 1.79 bits per heavy atom. The predicted octanol–water partition coefficient (Wildman–Crippen LogP) is 1.70. The Hall–Kier alpha value is -1.68. The van der Waals surface area contributed by atoms with E-state index in [1.54, 1.807) is 31.2 Å². The summed E-state index contributed by atoms with van der Waals surface area (Å²) in [6, 6.07) is 6.81. The van der Waals surface area contributed by atoms with E-state index in [-0.39, 0.29) is 12.5 Å². The van der Waals surface area contributed by atoms with Crippen LogP contribution < -0.4 is 5.32 Å². The van der Waals surface area contributed by atoms with E-state index in [0.29, 0.717) is 5.56 Å². The second-order valence-electron chi connectivity index (χ2n) is 5.39. The van der Waals surface area contributed by atoms with Crippen molar-refractivity contribution in [1.82, 2.24) is 5.32 Å². The van der Waals surface area contributed by atoms with E-state index in [9.17, 15) is 14.7 Å². The molecule has 1 amide bonds. The summed E-state index contributed by atoms with van der Waals surface area (Å²) in [5, 5.41) is 12.5. The molecule has 0 fully saturated rings. The van der Waals surface area contributed by atoms with Gasteiger partial charge in [0.2, 0.25) is 5.78 Å². The number of ketones is 1. The molecule has 1 aromatic rings. The smallest absolute Gasteiger partial charge is 0.292 e. The predicted molar refractivity (Wildman–Crippen MR) is 74.0 cm³/mol. The van der Waals surface area contributed by atoms with Crippen molar-refractivity contribution in [3.8, 4) is 0 Å². The van der Waals surface area contributed by atoms with Gasteiger partial charge in [-0.25, -0.2) is 0 Å². The summed E-state index contributed by atoms with van der Waals surface area (Å²) in [4.78, 5) is 23.6. The molecule has 1 aromatic carbocycles. The van der Waals surface area contributed by atoms with Crippen molar-refractivity contribution in [1.29, 1.82) is 0 Å². The van der Waals surface area contributed by atoms with E-state index >= 15 is 0 Å². The lowest BCUT2D eigenvalue weighted by atomic mass is 9.92. The number of benzene rings is 1. The first-order chi connectivity index (χ1) is 8.74. The molecule has 19 heavy (non-hydrogen) atoms. The van der Waals surface area contributed by atoms with E-state index in [0.717, 1.165) is 5.56 Å². The van der Waals surface area contributed by atoms with Gasteiger partial charge in [-0.3, -0.25) is 9.59 Å². The molecular formula is C15H21NO3. The maximum Gasteiger partial charge on any atom is 0.292 e. The number of carbonyl (C=O) groups excluding carboxylic acids is 2. The third-order valence-electron chi connectivity index (χ3n) is 3.37. The van der Waals surface area contributed by atoms with Crippen molar-refractivity contribution >= 4 is 11.7 Å². The Labute approximate surface area is 113 Å². The minimum Gasteiger partial charge on any atom is -0.388 e.